The smallest absolute Gasteiger partial charge is 0.337 e. The number of carboxylic acid groups (broad SMARTS) is 1. The molecule has 0 heterocycles. The molecule has 3 unspecified atom stereocenters. The first-order valence-corrected chi connectivity index (χ1v) is 15.6. The highest BCUT2D eigenvalue weighted by Crippen LogP contribution is 2.47. The highest BCUT2D eigenvalue weighted by molar-refractivity contribution is 5.95. The second-order valence-corrected chi connectivity index (χ2v) is 12.3. The van der Waals surface area contributed by atoms with E-state index in [1.54, 1.807) is 6.07 Å². The van der Waals surface area contributed by atoms with Crippen LogP contribution in [0.15, 0.2) is 18.2 Å². The highest BCUT2D eigenvalue weighted by Gasteiger charge is 2.41. The average molecular weight is 516 g/mol. The lowest BCUT2D eigenvalue weighted by Gasteiger charge is -2.43. The van der Waals surface area contributed by atoms with Crippen LogP contribution in [-0.4, -0.2) is 28.3 Å². The van der Waals surface area contributed by atoms with Crippen LogP contribution in [0.1, 0.15) is 159 Å². The number of unbranched alkanes of at least 4 members (excludes halogenated alkanes) is 13. The second kappa shape index (κ2) is 17.1. The molecule has 1 aliphatic rings. The number of rotatable bonds is 19. The lowest BCUT2D eigenvalue weighted by molar-refractivity contribution is -0.0201. The molecule has 0 saturated heterocycles. The van der Waals surface area contributed by atoms with Gasteiger partial charge in [0.25, 0.3) is 0 Å². The van der Waals surface area contributed by atoms with Gasteiger partial charge in [-0.1, -0.05) is 116 Å². The molecule has 212 valence electrons. The molecule has 3 N–H and O–H groups in total. The summed E-state index contributed by atoms with van der Waals surface area (Å²) in [5, 5.41) is 24.6. The number of benzene rings is 1. The molecule has 4 heteroatoms. The Morgan fingerprint density at radius 2 is 1.49 bits per heavy atom. The van der Waals surface area contributed by atoms with Crippen LogP contribution < -0.4 is 5.32 Å². The Balaban J connectivity index is 1.77. The number of carboxylic acids is 1. The summed E-state index contributed by atoms with van der Waals surface area (Å²) < 4.78 is 0. The van der Waals surface area contributed by atoms with Crippen LogP contribution in [-0.2, 0) is 0 Å². The Hall–Kier alpha value is -1.55. The second-order valence-electron chi connectivity index (χ2n) is 12.3. The van der Waals surface area contributed by atoms with Gasteiger partial charge < -0.3 is 15.5 Å². The molecule has 1 aliphatic carbocycles. The van der Waals surface area contributed by atoms with Crippen molar-refractivity contribution in [3.63, 3.8) is 0 Å². The van der Waals surface area contributed by atoms with Crippen LogP contribution in [0.2, 0.25) is 0 Å². The maximum atomic E-state index is 12.0. The fourth-order valence-electron chi connectivity index (χ4n) is 6.16. The van der Waals surface area contributed by atoms with Crippen molar-refractivity contribution in [2.45, 2.75) is 148 Å². The van der Waals surface area contributed by atoms with Crippen molar-refractivity contribution in [2.75, 3.05) is 11.9 Å². The minimum Gasteiger partial charge on any atom is -0.478 e. The van der Waals surface area contributed by atoms with E-state index >= 15 is 0 Å². The molecular weight excluding hydrogens is 458 g/mol. The third-order valence-corrected chi connectivity index (χ3v) is 8.79. The van der Waals surface area contributed by atoms with Crippen LogP contribution in [0.25, 0.3) is 0 Å². The normalized spacial score (nSPS) is 21.9. The fraction of sp³-hybridized carbons (Fsp3) is 0.788. The van der Waals surface area contributed by atoms with Crippen molar-refractivity contribution in [3.8, 4) is 0 Å². The van der Waals surface area contributed by atoms with E-state index in [-0.39, 0.29) is 5.92 Å². The molecule has 1 saturated carbocycles. The average Bonchev–Trinajstić information content (AvgIpc) is 2.86. The van der Waals surface area contributed by atoms with Gasteiger partial charge in [-0.2, -0.15) is 0 Å². The summed E-state index contributed by atoms with van der Waals surface area (Å²) in [6.07, 6.45) is 21.3. The zero-order valence-corrected chi connectivity index (χ0v) is 24.5. The molecule has 1 aromatic carbocycles. The number of anilines is 1. The topological polar surface area (TPSA) is 69.6 Å². The lowest BCUT2D eigenvalue weighted by Crippen LogP contribution is -2.40. The Bertz CT molecular complexity index is 773. The van der Waals surface area contributed by atoms with E-state index in [0.29, 0.717) is 17.4 Å². The van der Waals surface area contributed by atoms with Gasteiger partial charge in [-0.3, -0.25) is 0 Å². The number of aliphatic hydroxyl groups is 1. The lowest BCUT2D eigenvalue weighted by atomic mass is 9.66. The molecule has 0 spiro atoms. The summed E-state index contributed by atoms with van der Waals surface area (Å²) in [7, 11) is 0. The van der Waals surface area contributed by atoms with Crippen molar-refractivity contribution >= 4 is 11.7 Å². The number of aromatic carboxylic acids is 1. The maximum Gasteiger partial charge on any atom is 0.337 e. The standard InChI is InChI=1S/C33H57NO3/c1-5-6-7-8-9-10-11-12-13-14-15-16-17-18-24-34-31-28(20-19-21-29(31)32(35)36)30-25-27(26(2)3)22-23-33(30,4)37/h19-21,26-27,30,34,37H,5-18,22-25H2,1-4H3,(H,35,36). The van der Waals surface area contributed by atoms with Crippen LogP contribution in [0, 0.1) is 11.8 Å². The SMILES string of the molecule is CCCCCCCCCCCCCCCCNc1c(C(=O)O)cccc1C1CC(C(C)C)CCC1(C)O. The van der Waals surface area contributed by atoms with Gasteiger partial charge >= 0.3 is 5.97 Å². The van der Waals surface area contributed by atoms with Crippen molar-refractivity contribution in [2.24, 2.45) is 11.8 Å². The maximum absolute atomic E-state index is 12.0. The van der Waals surface area contributed by atoms with E-state index in [0.717, 1.165) is 43.5 Å². The van der Waals surface area contributed by atoms with Gasteiger partial charge in [0.05, 0.1) is 16.9 Å². The summed E-state index contributed by atoms with van der Waals surface area (Å²) >= 11 is 0. The summed E-state index contributed by atoms with van der Waals surface area (Å²) in [5.41, 5.74) is 1.21. The monoisotopic (exact) mass is 515 g/mol. The van der Waals surface area contributed by atoms with E-state index in [1.807, 2.05) is 19.1 Å². The summed E-state index contributed by atoms with van der Waals surface area (Å²) in [4.78, 5) is 12.0. The molecule has 2 rings (SSSR count). The number of hydrogen-bond acceptors (Lipinski definition) is 3. The molecule has 3 atom stereocenters. The van der Waals surface area contributed by atoms with Crippen molar-refractivity contribution < 1.29 is 15.0 Å². The highest BCUT2D eigenvalue weighted by atomic mass is 16.4. The zero-order chi connectivity index (χ0) is 27.1. The van der Waals surface area contributed by atoms with Crippen molar-refractivity contribution in [3.05, 3.63) is 29.3 Å². The number of nitrogens with one attached hydrogen (secondary N) is 1. The minimum absolute atomic E-state index is 0.0493. The summed E-state index contributed by atoms with van der Waals surface area (Å²) in [5.74, 6) is 0.165. The molecule has 1 fully saturated rings. The number of carbonyl (C=O) groups is 1. The van der Waals surface area contributed by atoms with E-state index in [4.69, 9.17) is 0 Å². The summed E-state index contributed by atoms with van der Waals surface area (Å²) in [6.45, 7) is 9.49. The molecule has 0 amide bonds. The van der Waals surface area contributed by atoms with Crippen LogP contribution in [0.5, 0.6) is 0 Å². The third-order valence-electron chi connectivity index (χ3n) is 8.79. The van der Waals surface area contributed by atoms with Gasteiger partial charge in [0, 0.05) is 12.5 Å². The van der Waals surface area contributed by atoms with Crippen LogP contribution in [0.4, 0.5) is 5.69 Å². The van der Waals surface area contributed by atoms with Gasteiger partial charge in [-0.25, -0.2) is 4.79 Å². The van der Waals surface area contributed by atoms with E-state index in [9.17, 15) is 15.0 Å². The molecule has 0 bridgehead atoms. The minimum atomic E-state index is -0.902. The largest absolute Gasteiger partial charge is 0.478 e. The predicted octanol–water partition coefficient (Wildman–Crippen LogP) is 9.57. The Morgan fingerprint density at radius 1 is 0.946 bits per heavy atom. The Labute approximate surface area is 228 Å². The molecule has 0 radical (unpaired) electrons. The Kier molecular flexibility index (Phi) is 14.7. The van der Waals surface area contributed by atoms with Gasteiger partial charge in [0.15, 0.2) is 0 Å². The predicted molar refractivity (Wildman–Crippen MR) is 158 cm³/mol. The van der Waals surface area contributed by atoms with Crippen LogP contribution in [0.3, 0.4) is 0 Å². The van der Waals surface area contributed by atoms with Gasteiger partial charge in [0.1, 0.15) is 0 Å². The molecular formula is C33H57NO3. The quantitative estimate of drug-likeness (QED) is 0.160. The molecule has 0 aliphatic heterocycles. The van der Waals surface area contributed by atoms with Crippen LogP contribution >= 0.6 is 0 Å². The molecule has 1 aromatic rings. The van der Waals surface area contributed by atoms with Gasteiger partial charge in [0.2, 0.25) is 0 Å². The van der Waals surface area contributed by atoms with E-state index in [2.05, 4.69) is 26.1 Å². The van der Waals surface area contributed by atoms with E-state index < -0.39 is 11.6 Å². The number of hydrogen-bond donors (Lipinski definition) is 3. The van der Waals surface area contributed by atoms with Gasteiger partial charge in [-0.15, -0.1) is 0 Å². The third kappa shape index (κ3) is 11.0. The number of para-hydroxylation sites is 1. The first-order chi connectivity index (χ1) is 17.8. The fourth-order valence-corrected chi connectivity index (χ4v) is 6.16. The Morgan fingerprint density at radius 3 is 2.00 bits per heavy atom. The first-order valence-electron chi connectivity index (χ1n) is 15.6. The van der Waals surface area contributed by atoms with E-state index in [1.165, 1.54) is 83.5 Å². The molecule has 37 heavy (non-hydrogen) atoms. The van der Waals surface area contributed by atoms with Crippen molar-refractivity contribution in [1.82, 2.24) is 0 Å². The molecule has 0 aromatic heterocycles. The zero-order valence-electron chi connectivity index (χ0n) is 24.5. The van der Waals surface area contributed by atoms with Crippen molar-refractivity contribution in [1.29, 1.82) is 0 Å². The summed E-state index contributed by atoms with van der Waals surface area (Å²) in [6, 6.07) is 5.56. The first kappa shape index (κ1) is 31.7. The van der Waals surface area contributed by atoms with Gasteiger partial charge in [-0.05, 0) is 56.1 Å². The molecule has 4 nitrogen and oxygen atoms in total.